The van der Waals surface area contributed by atoms with Crippen LogP contribution in [0.4, 0.5) is 0 Å². The number of thiophene rings is 1. The molecular weight excluding hydrogens is 246 g/mol. The molecule has 0 fully saturated rings. The smallest absolute Gasteiger partial charge is 0.137 e. The standard InChI is InChI=1S/C14H17NO2S/c1-4-17-12-6-11(7-15-8-12)14(16)13-5-9(2)10(3)18-13/h5-8,14,16H,4H2,1-3H3. The van der Waals surface area contributed by atoms with Crippen LogP contribution in [0.5, 0.6) is 5.75 Å². The molecule has 18 heavy (non-hydrogen) atoms. The van der Waals surface area contributed by atoms with E-state index in [-0.39, 0.29) is 0 Å². The van der Waals surface area contributed by atoms with Crippen molar-refractivity contribution in [3.63, 3.8) is 0 Å². The number of aromatic nitrogens is 1. The van der Waals surface area contributed by atoms with Crippen molar-refractivity contribution in [2.24, 2.45) is 0 Å². The summed E-state index contributed by atoms with van der Waals surface area (Å²) < 4.78 is 5.39. The number of hydrogen-bond acceptors (Lipinski definition) is 4. The molecule has 0 aliphatic rings. The maximum Gasteiger partial charge on any atom is 0.137 e. The van der Waals surface area contributed by atoms with Gasteiger partial charge in [-0.25, -0.2) is 0 Å². The third-order valence-electron chi connectivity index (χ3n) is 2.82. The van der Waals surface area contributed by atoms with E-state index >= 15 is 0 Å². The number of aryl methyl sites for hydroxylation is 2. The average Bonchev–Trinajstić information content (AvgIpc) is 2.69. The fourth-order valence-corrected chi connectivity index (χ4v) is 2.79. The second-order valence-electron chi connectivity index (χ2n) is 4.18. The summed E-state index contributed by atoms with van der Waals surface area (Å²) in [5.41, 5.74) is 1.98. The molecule has 0 amide bonds. The molecule has 0 spiro atoms. The van der Waals surface area contributed by atoms with E-state index in [1.807, 2.05) is 19.1 Å². The minimum Gasteiger partial charge on any atom is -0.492 e. The zero-order valence-corrected chi connectivity index (χ0v) is 11.6. The molecule has 2 aromatic rings. The van der Waals surface area contributed by atoms with E-state index in [2.05, 4.69) is 18.8 Å². The van der Waals surface area contributed by atoms with Gasteiger partial charge in [-0.05, 0) is 38.5 Å². The van der Waals surface area contributed by atoms with Crippen LogP contribution in [-0.4, -0.2) is 16.7 Å². The molecule has 2 aromatic heterocycles. The van der Waals surface area contributed by atoms with Crippen LogP contribution in [0.1, 0.15) is 33.9 Å². The number of hydrogen-bond donors (Lipinski definition) is 1. The van der Waals surface area contributed by atoms with E-state index in [0.29, 0.717) is 12.4 Å². The highest BCUT2D eigenvalue weighted by Crippen LogP contribution is 2.31. The molecule has 0 aliphatic carbocycles. The summed E-state index contributed by atoms with van der Waals surface area (Å²) in [6.07, 6.45) is 2.71. The summed E-state index contributed by atoms with van der Waals surface area (Å²) in [4.78, 5) is 6.28. The summed E-state index contributed by atoms with van der Waals surface area (Å²) in [5.74, 6) is 0.694. The number of pyridine rings is 1. The highest BCUT2D eigenvalue weighted by Gasteiger charge is 2.15. The van der Waals surface area contributed by atoms with Gasteiger partial charge in [0.25, 0.3) is 0 Å². The van der Waals surface area contributed by atoms with Gasteiger partial charge in [-0.15, -0.1) is 11.3 Å². The fourth-order valence-electron chi connectivity index (χ4n) is 1.73. The molecule has 0 radical (unpaired) electrons. The maximum atomic E-state index is 10.3. The van der Waals surface area contributed by atoms with Gasteiger partial charge in [0.2, 0.25) is 0 Å². The van der Waals surface area contributed by atoms with Gasteiger partial charge >= 0.3 is 0 Å². The van der Waals surface area contributed by atoms with E-state index in [4.69, 9.17) is 4.74 Å². The fraction of sp³-hybridized carbons (Fsp3) is 0.357. The summed E-state index contributed by atoms with van der Waals surface area (Å²) in [7, 11) is 0. The Bertz CT molecular complexity index is 517. The van der Waals surface area contributed by atoms with Crippen LogP contribution in [0, 0.1) is 13.8 Å². The first kappa shape index (κ1) is 13.1. The number of nitrogens with zero attached hydrogens (tertiary/aromatic N) is 1. The third-order valence-corrected chi connectivity index (χ3v) is 4.02. The highest BCUT2D eigenvalue weighted by molar-refractivity contribution is 7.12. The van der Waals surface area contributed by atoms with E-state index < -0.39 is 6.10 Å². The topological polar surface area (TPSA) is 42.4 Å². The van der Waals surface area contributed by atoms with Crippen molar-refractivity contribution in [1.29, 1.82) is 0 Å². The van der Waals surface area contributed by atoms with Crippen molar-refractivity contribution in [2.75, 3.05) is 6.61 Å². The van der Waals surface area contributed by atoms with Crippen LogP contribution in [0.15, 0.2) is 24.5 Å². The van der Waals surface area contributed by atoms with Crippen molar-refractivity contribution in [3.05, 3.63) is 45.4 Å². The lowest BCUT2D eigenvalue weighted by atomic mass is 10.1. The van der Waals surface area contributed by atoms with Gasteiger partial charge in [0.1, 0.15) is 11.9 Å². The first-order chi connectivity index (χ1) is 8.61. The molecule has 0 saturated carbocycles. The van der Waals surface area contributed by atoms with Crippen LogP contribution < -0.4 is 4.74 Å². The largest absolute Gasteiger partial charge is 0.492 e. The zero-order valence-electron chi connectivity index (χ0n) is 10.8. The summed E-state index contributed by atoms with van der Waals surface area (Å²) >= 11 is 1.62. The Kier molecular flexibility index (Phi) is 3.99. The second-order valence-corrected chi connectivity index (χ2v) is 5.47. The molecule has 0 aliphatic heterocycles. The average molecular weight is 263 g/mol. The van der Waals surface area contributed by atoms with Crippen LogP contribution in [0.2, 0.25) is 0 Å². The van der Waals surface area contributed by atoms with Crippen molar-refractivity contribution >= 4 is 11.3 Å². The monoisotopic (exact) mass is 263 g/mol. The van der Waals surface area contributed by atoms with E-state index in [0.717, 1.165) is 10.4 Å². The number of aliphatic hydroxyl groups is 1. The Hall–Kier alpha value is -1.39. The molecule has 4 heteroatoms. The van der Waals surface area contributed by atoms with Gasteiger partial charge in [0, 0.05) is 21.5 Å². The van der Waals surface area contributed by atoms with Gasteiger partial charge < -0.3 is 9.84 Å². The number of aliphatic hydroxyl groups excluding tert-OH is 1. The van der Waals surface area contributed by atoms with E-state index in [9.17, 15) is 5.11 Å². The summed E-state index contributed by atoms with van der Waals surface area (Å²) in [6, 6.07) is 3.86. The molecule has 3 nitrogen and oxygen atoms in total. The first-order valence-corrected chi connectivity index (χ1v) is 6.76. The van der Waals surface area contributed by atoms with Crippen LogP contribution in [0.25, 0.3) is 0 Å². The molecular formula is C14H17NO2S. The van der Waals surface area contributed by atoms with Gasteiger partial charge in [-0.3, -0.25) is 4.98 Å². The SMILES string of the molecule is CCOc1cncc(C(O)c2cc(C)c(C)s2)c1. The Morgan fingerprint density at radius 3 is 2.72 bits per heavy atom. The third kappa shape index (κ3) is 2.71. The number of rotatable bonds is 4. The normalized spacial score (nSPS) is 12.4. The predicted octanol–water partition coefficient (Wildman–Crippen LogP) is 3.24. The molecule has 0 aromatic carbocycles. The van der Waals surface area contributed by atoms with Crippen molar-refractivity contribution in [3.8, 4) is 5.75 Å². The van der Waals surface area contributed by atoms with Crippen LogP contribution >= 0.6 is 11.3 Å². The molecule has 1 unspecified atom stereocenters. The van der Waals surface area contributed by atoms with Gasteiger partial charge in [-0.1, -0.05) is 0 Å². The molecule has 1 N–H and O–H groups in total. The van der Waals surface area contributed by atoms with Crippen LogP contribution in [-0.2, 0) is 0 Å². The van der Waals surface area contributed by atoms with Crippen molar-refractivity contribution in [1.82, 2.24) is 4.98 Å². The summed E-state index contributed by atoms with van der Waals surface area (Å²) in [6.45, 7) is 6.63. The quantitative estimate of drug-likeness (QED) is 0.920. The van der Waals surface area contributed by atoms with Gasteiger partial charge in [0.15, 0.2) is 0 Å². The minimum atomic E-state index is -0.629. The van der Waals surface area contributed by atoms with Gasteiger partial charge in [-0.2, -0.15) is 0 Å². The Labute approximate surface area is 111 Å². The maximum absolute atomic E-state index is 10.3. The predicted molar refractivity (Wildman–Crippen MR) is 73.3 cm³/mol. The Morgan fingerprint density at radius 1 is 1.33 bits per heavy atom. The lowest BCUT2D eigenvalue weighted by Crippen LogP contribution is -2.00. The van der Waals surface area contributed by atoms with E-state index in [1.54, 1.807) is 23.7 Å². The highest BCUT2D eigenvalue weighted by atomic mass is 32.1. The molecule has 1 atom stereocenters. The molecule has 0 bridgehead atoms. The zero-order chi connectivity index (χ0) is 13.1. The minimum absolute atomic E-state index is 0.596. The van der Waals surface area contributed by atoms with Gasteiger partial charge in [0.05, 0.1) is 12.8 Å². The van der Waals surface area contributed by atoms with Crippen LogP contribution in [0.3, 0.4) is 0 Å². The van der Waals surface area contributed by atoms with E-state index in [1.165, 1.54) is 10.4 Å². The lowest BCUT2D eigenvalue weighted by molar-refractivity contribution is 0.222. The molecule has 0 saturated heterocycles. The van der Waals surface area contributed by atoms with Crippen molar-refractivity contribution in [2.45, 2.75) is 26.9 Å². The number of ether oxygens (including phenoxy) is 1. The molecule has 2 heterocycles. The van der Waals surface area contributed by atoms with Crippen molar-refractivity contribution < 1.29 is 9.84 Å². The molecule has 2 rings (SSSR count). The Morgan fingerprint density at radius 2 is 2.11 bits per heavy atom. The summed E-state index contributed by atoms with van der Waals surface area (Å²) in [5, 5.41) is 10.3. The second kappa shape index (κ2) is 5.50. The Balaban J connectivity index is 2.27. The lowest BCUT2D eigenvalue weighted by Gasteiger charge is -2.10. The molecule has 96 valence electrons. The first-order valence-electron chi connectivity index (χ1n) is 5.94.